The van der Waals surface area contributed by atoms with Gasteiger partial charge in [0.05, 0.1) is 11.4 Å². The largest absolute Gasteiger partial charge is 0.395 e. The van der Waals surface area contributed by atoms with Gasteiger partial charge in [-0.05, 0) is 12.1 Å². The van der Waals surface area contributed by atoms with Gasteiger partial charge >= 0.3 is 0 Å². The Hall–Kier alpha value is -2.38. The summed E-state index contributed by atoms with van der Waals surface area (Å²) in [4.78, 5) is 0. The van der Waals surface area contributed by atoms with Crippen LogP contribution in [0, 0.1) is 34.9 Å². The Morgan fingerprint density at radius 1 is 0.750 bits per heavy atom. The Bertz CT molecular complexity index is 657. The van der Waals surface area contributed by atoms with E-state index < -0.39 is 46.3 Å². The molecule has 106 valence electrons. The summed E-state index contributed by atoms with van der Waals surface area (Å²) < 4.78 is 78.7. The smallest absolute Gasteiger partial charge is 0.200 e. The lowest BCUT2D eigenvalue weighted by molar-refractivity contribution is 0.382. The number of rotatable bonds is 2. The molecule has 0 atom stereocenters. The number of anilines is 3. The lowest BCUT2D eigenvalue weighted by atomic mass is 10.2. The highest BCUT2D eigenvalue weighted by atomic mass is 19.2. The number of hydrogen-bond acceptors (Lipinski definition) is 2. The average molecular weight is 292 g/mol. The third-order valence-electron chi connectivity index (χ3n) is 2.52. The minimum absolute atomic E-state index is 0.326. The predicted octanol–water partition coefficient (Wildman–Crippen LogP) is 3.85. The molecule has 0 saturated carbocycles. The summed E-state index contributed by atoms with van der Waals surface area (Å²) in [6, 6.07) is 3.25. The molecule has 0 radical (unpaired) electrons. The second-order valence-electron chi connectivity index (χ2n) is 3.77. The zero-order valence-corrected chi connectivity index (χ0v) is 9.58. The summed E-state index contributed by atoms with van der Waals surface area (Å²) in [5.74, 6) is -11.5. The first-order valence-electron chi connectivity index (χ1n) is 5.17. The minimum Gasteiger partial charge on any atom is -0.395 e. The van der Waals surface area contributed by atoms with Gasteiger partial charge in [-0.2, -0.15) is 0 Å². The second-order valence-corrected chi connectivity index (χ2v) is 3.77. The molecule has 0 aliphatic rings. The molecule has 0 spiro atoms. The summed E-state index contributed by atoms with van der Waals surface area (Å²) in [6.07, 6.45) is 0. The van der Waals surface area contributed by atoms with E-state index >= 15 is 0 Å². The number of halogens is 6. The molecule has 0 aliphatic heterocycles. The lowest BCUT2D eigenvalue weighted by Gasteiger charge is -2.12. The number of nitrogen functional groups attached to an aromatic ring is 1. The van der Waals surface area contributed by atoms with Crippen LogP contribution in [0.2, 0.25) is 0 Å². The van der Waals surface area contributed by atoms with Crippen molar-refractivity contribution in [2.24, 2.45) is 0 Å². The summed E-state index contributed by atoms with van der Waals surface area (Å²) in [6.45, 7) is 0. The third kappa shape index (κ3) is 2.13. The molecule has 3 N–H and O–H groups in total. The zero-order chi connectivity index (χ0) is 15.0. The van der Waals surface area contributed by atoms with Crippen LogP contribution >= 0.6 is 0 Å². The summed E-state index contributed by atoms with van der Waals surface area (Å²) in [5.41, 5.74) is 3.14. The first kappa shape index (κ1) is 14.0. The van der Waals surface area contributed by atoms with E-state index in [-0.39, 0.29) is 5.69 Å². The molecule has 20 heavy (non-hydrogen) atoms. The molecular formula is C12H6F6N2. The van der Waals surface area contributed by atoms with Crippen molar-refractivity contribution in [2.75, 3.05) is 11.1 Å². The van der Waals surface area contributed by atoms with E-state index in [1.807, 2.05) is 5.32 Å². The van der Waals surface area contributed by atoms with Crippen LogP contribution in [0.15, 0.2) is 18.2 Å². The van der Waals surface area contributed by atoms with Gasteiger partial charge in [0.25, 0.3) is 0 Å². The first-order valence-corrected chi connectivity index (χ1v) is 5.17. The van der Waals surface area contributed by atoms with Gasteiger partial charge in [-0.25, -0.2) is 26.3 Å². The molecule has 2 nitrogen and oxygen atoms in total. The van der Waals surface area contributed by atoms with E-state index in [0.717, 1.165) is 18.2 Å². The van der Waals surface area contributed by atoms with Gasteiger partial charge < -0.3 is 11.1 Å². The van der Waals surface area contributed by atoms with Crippen molar-refractivity contribution in [3.8, 4) is 0 Å². The average Bonchev–Trinajstić information content (AvgIpc) is 2.43. The standard InChI is InChI=1S/C12H6F6N2/c13-4-2-1-3-5(11(4)19)20-12-9(17)7(15)6(14)8(16)10(12)18/h1-3,20H,19H2. The van der Waals surface area contributed by atoms with Crippen LogP contribution in [-0.2, 0) is 0 Å². The van der Waals surface area contributed by atoms with Crippen LogP contribution in [0.3, 0.4) is 0 Å². The third-order valence-corrected chi connectivity index (χ3v) is 2.52. The maximum atomic E-state index is 13.4. The van der Waals surface area contributed by atoms with E-state index in [1.165, 1.54) is 0 Å². The monoisotopic (exact) mass is 292 g/mol. The molecule has 0 aromatic heterocycles. The molecule has 0 aliphatic carbocycles. The topological polar surface area (TPSA) is 38.0 Å². The normalized spacial score (nSPS) is 10.7. The van der Waals surface area contributed by atoms with Crippen molar-refractivity contribution in [3.05, 3.63) is 53.1 Å². The highest BCUT2D eigenvalue weighted by Gasteiger charge is 2.26. The number of nitrogens with one attached hydrogen (secondary N) is 1. The zero-order valence-electron chi connectivity index (χ0n) is 9.58. The van der Waals surface area contributed by atoms with Crippen molar-refractivity contribution in [3.63, 3.8) is 0 Å². The number of para-hydroxylation sites is 1. The molecular weight excluding hydrogens is 286 g/mol. The van der Waals surface area contributed by atoms with Crippen LogP contribution < -0.4 is 11.1 Å². The summed E-state index contributed by atoms with van der Waals surface area (Å²) in [5, 5.41) is 1.90. The van der Waals surface area contributed by atoms with Gasteiger partial charge in [0, 0.05) is 0 Å². The number of hydrogen-bond donors (Lipinski definition) is 2. The van der Waals surface area contributed by atoms with Gasteiger partial charge in [-0.1, -0.05) is 6.07 Å². The molecule has 0 fully saturated rings. The van der Waals surface area contributed by atoms with Gasteiger partial charge in [-0.15, -0.1) is 0 Å². The molecule has 2 aromatic rings. The maximum Gasteiger partial charge on any atom is 0.200 e. The fraction of sp³-hybridized carbons (Fsp3) is 0. The number of nitrogens with two attached hydrogens (primary N) is 1. The van der Waals surface area contributed by atoms with Crippen LogP contribution in [0.25, 0.3) is 0 Å². The molecule has 2 rings (SSSR count). The molecule has 0 saturated heterocycles. The van der Waals surface area contributed by atoms with Crippen molar-refractivity contribution in [1.29, 1.82) is 0 Å². The Kier molecular flexibility index (Phi) is 3.47. The number of benzene rings is 2. The van der Waals surface area contributed by atoms with Crippen LogP contribution in [0.5, 0.6) is 0 Å². The Morgan fingerprint density at radius 3 is 1.80 bits per heavy atom. The molecule has 8 heteroatoms. The van der Waals surface area contributed by atoms with Crippen LogP contribution in [-0.4, -0.2) is 0 Å². The highest BCUT2D eigenvalue weighted by Crippen LogP contribution is 2.32. The molecule has 2 aromatic carbocycles. The minimum atomic E-state index is -2.28. The van der Waals surface area contributed by atoms with E-state index in [1.54, 1.807) is 0 Å². The summed E-state index contributed by atoms with van der Waals surface area (Å²) >= 11 is 0. The molecule has 0 bridgehead atoms. The van der Waals surface area contributed by atoms with E-state index in [0.29, 0.717) is 0 Å². The molecule has 0 unspecified atom stereocenters. The van der Waals surface area contributed by atoms with Crippen molar-refractivity contribution < 1.29 is 26.3 Å². The van der Waals surface area contributed by atoms with Crippen molar-refractivity contribution in [1.82, 2.24) is 0 Å². The van der Waals surface area contributed by atoms with Gasteiger partial charge in [0.15, 0.2) is 23.3 Å². The highest BCUT2D eigenvalue weighted by molar-refractivity contribution is 5.73. The molecule has 0 amide bonds. The quantitative estimate of drug-likeness (QED) is 0.382. The van der Waals surface area contributed by atoms with Gasteiger partial charge in [0.1, 0.15) is 11.5 Å². The first-order chi connectivity index (χ1) is 9.34. The predicted molar refractivity (Wildman–Crippen MR) is 60.3 cm³/mol. The fourth-order valence-corrected chi connectivity index (χ4v) is 1.50. The fourth-order valence-electron chi connectivity index (χ4n) is 1.50. The van der Waals surface area contributed by atoms with Crippen LogP contribution in [0.1, 0.15) is 0 Å². The summed E-state index contributed by atoms with van der Waals surface area (Å²) in [7, 11) is 0. The van der Waals surface area contributed by atoms with Crippen molar-refractivity contribution in [2.45, 2.75) is 0 Å². The Balaban J connectivity index is 2.57. The molecule has 0 heterocycles. The van der Waals surface area contributed by atoms with E-state index in [4.69, 9.17) is 5.73 Å². The van der Waals surface area contributed by atoms with E-state index in [2.05, 4.69) is 0 Å². The lowest BCUT2D eigenvalue weighted by Crippen LogP contribution is -2.08. The van der Waals surface area contributed by atoms with Crippen LogP contribution in [0.4, 0.5) is 43.4 Å². The van der Waals surface area contributed by atoms with Crippen molar-refractivity contribution >= 4 is 17.1 Å². The SMILES string of the molecule is Nc1c(F)cccc1Nc1c(F)c(F)c(F)c(F)c1F. The van der Waals surface area contributed by atoms with Gasteiger partial charge in [0.2, 0.25) is 5.82 Å². The maximum absolute atomic E-state index is 13.4. The van der Waals surface area contributed by atoms with E-state index in [9.17, 15) is 26.3 Å². The Labute approximate surface area is 108 Å². The second kappa shape index (κ2) is 4.95. The van der Waals surface area contributed by atoms with Gasteiger partial charge in [-0.3, -0.25) is 0 Å². The Morgan fingerprint density at radius 2 is 1.25 bits per heavy atom.